The summed E-state index contributed by atoms with van der Waals surface area (Å²) in [4.78, 5) is 36.7. The average Bonchev–Trinajstić information content (AvgIpc) is 2.92. The number of amides is 1. The third-order valence-electron chi connectivity index (χ3n) is 5.51. The minimum atomic E-state index is -1.39. The molecule has 0 aromatic heterocycles. The normalized spacial score (nSPS) is 10.9. The third-order valence-corrected chi connectivity index (χ3v) is 5.51. The summed E-state index contributed by atoms with van der Waals surface area (Å²) in [5.41, 5.74) is 0.713. The van der Waals surface area contributed by atoms with Gasteiger partial charge >= 0.3 is 5.97 Å². The Balaban J connectivity index is 1.58. The lowest BCUT2D eigenvalue weighted by Gasteiger charge is -2.12. The van der Waals surface area contributed by atoms with E-state index in [1.807, 2.05) is 36.4 Å². The monoisotopic (exact) mass is 505 g/mol. The van der Waals surface area contributed by atoms with Crippen LogP contribution in [0, 0.1) is 11.3 Å². The number of carboxylic acids is 1. The highest BCUT2D eigenvalue weighted by Crippen LogP contribution is 2.31. The van der Waals surface area contributed by atoms with Crippen LogP contribution in [0.2, 0.25) is 0 Å². The van der Waals surface area contributed by atoms with E-state index in [1.165, 1.54) is 36.4 Å². The number of nitriles is 1. The Labute approximate surface area is 218 Å². The summed E-state index contributed by atoms with van der Waals surface area (Å²) in [5.74, 6) is -2.23. The fourth-order valence-corrected chi connectivity index (χ4v) is 3.76. The van der Waals surface area contributed by atoms with Gasteiger partial charge < -0.3 is 24.7 Å². The molecule has 0 radical (unpaired) electrons. The lowest BCUT2D eigenvalue weighted by atomic mass is 10.0. The molecule has 4 rings (SSSR count). The third kappa shape index (κ3) is 5.86. The number of carbonyl (C=O) groups excluding carboxylic acids is 3. The van der Waals surface area contributed by atoms with Crippen molar-refractivity contribution in [3.63, 3.8) is 0 Å². The van der Waals surface area contributed by atoms with E-state index < -0.39 is 17.8 Å². The molecule has 0 unspecified atom stereocenters. The standard InChI is InChI=1S/C30H22N2O6/c1-2-37-27-16-19(15-22(18-31)28(33)32-23-10-5-9-21(17-23)29(34)35)13-14-26(27)38-30(36)25-12-6-8-20-7-3-4-11-24(20)25/h3-17H,2H2,1H3,(H,32,33)(H,34,35)/p-1/b22-15-. The Kier molecular flexibility index (Phi) is 7.80. The molecule has 0 saturated carbocycles. The van der Waals surface area contributed by atoms with Gasteiger partial charge in [-0.2, -0.15) is 5.26 Å². The Hall–Kier alpha value is -5.42. The number of nitrogens with zero attached hydrogens (tertiary/aromatic N) is 1. The van der Waals surface area contributed by atoms with E-state index in [0.29, 0.717) is 11.1 Å². The predicted molar refractivity (Wildman–Crippen MR) is 140 cm³/mol. The molecule has 0 atom stereocenters. The van der Waals surface area contributed by atoms with Crippen LogP contribution in [0.25, 0.3) is 16.8 Å². The maximum atomic E-state index is 13.0. The maximum Gasteiger partial charge on any atom is 0.344 e. The van der Waals surface area contributed by atoms with Crippen LogP contribution in [-0.4, -0.2) is 24.5 Å². The number of benzene rings is 4. The zero-order valence-electron chi connectivity index (χ0n) is 20.3. The molecular formula is C30H21N2O6-. The van der Waals surface area contributed by atoms with Gasteiger partial charge in [0.15, 0.2) is 11.5 Å². The zero-order valence-corrected chi connectivity index (χ0v) is 20.3. The van der Waals surface area contributed by atoms with Gasteiger partial charge in [-0.05, 0) is 65.2 Å². The highest BCUT2D eigenvalue weighted by Gasteiger charge is 2.16. The van der Waals surface area contributed by atoms with Crippen LogP contribution in [0.1, 0.15) is 33.2 Å². The first-order chi connectivity index (χ1) is 18.4. The molecule has 0 spiro atoms. The van der Waals surface area contributed by atoms with Crippen molar-refractivity contribution in [3.8, 4) is 17.6 Å². The van der Waals surface area contributed by atoms with Crippen molar-refractivity contribution in [3.05, 3.63) is 107 Å². The Bertz CT molecular complexity index is 1610. The molecule has 0 heterocycles. The van der Waals surface area contributed by atoms with Crippen LogP contribution >= 0.6 is 0 Å². The molecule has 4 aromatic rings. The van der Waals surface area contributed by atoms with Gasteiger partial charge in [0.2, 0.25) is 0 Å². The van der Waals surface area contributed by atoms with Crippen molar-refractivity contribution in [1.29, 1.82) is 5.26 Å². The number of carbonyl (C=O) groups is 3. The average molecular weight is 506 g/mol. The number of hydrogen-bond acceptors (Lipinski definition) is 7. The fraction of sp³-hybridized carbons (Fsp3) is 0.0667. The second-order valence-electron chi connectivity index (χ2n) is 8.05. The Morgan fingerprint density at radius 1 is 0.947 bits per heavy atom. The highest BCUT2D eigenvalue weighted by atomic mass is 16.6. The SMILES string of the molecule is CCOc1cc(/C=C(/C#N)C(=O)Nc2cccc(C(=O)[O-])c2)ccc1OC(=O)c1cccc2ccccc12. The summed E-state index contributed by atoms with van der Waals surface area (Å²) in [7, 11) is 0. The first-order valence-electron chi connectivity index (χ1n) is 11.6. The maximum absolute atomic E-state index is 13.0. The molecule has 0 aliphatic carbocycles. The summed E-state index contributed by atoms with van der Waals surface area (Å²) in [6.45, 7) is 2.06. The summed E-state index contributed by atoms with van der Waals surface area (Å²) in [6, 6.07) is 24.8. The summed E-state index contributed by atoms with van der Waals surface area (Å²) >= 11 is 0. The molecule has 38 heavy (non-hydrogen) atoms. The molecule has 8 nitrogen and oxygen atoms in total. The number of nitrogens with one attached hydrogen (secondary N) is 1. The van der Waals surface area contributed by atoms with Crippen LogP contribution < -0.4 is 19.9 Å². The van der Waals surface area contributed by atoms with Gasteiger partial charge in [-0.3, -0.25) is 4.79 Å². The van der Waals surface area contributed by atoms with Crippen molar-refractivity contribution >= 4 is 40.4 Å². The first kappa shape index (κ1) is 25.7. The number of carboxylic acid groups (broad SMARTS) is 1. The largest absolute Gasteiger partial charge is 0.545 e. The van der Waals surface area contributed by atoms with E-state index in [2.05, 4.69) is 5.32 Å². The van der Waals surface area contributed by atoms with E-state index in [-0.39, 0.29) is 34.9 Å². The highest BCUT2D eigenvalue weighted by molar-refractivity contribution is 6.10. The molecule has 0 aliphatic heterocycles. The van der Waals surface area contributed by atoms with E-state index >= 15 is 0 Å². The Morgan fingerprint density at radius 3 is 2.47 bits per heavy atom. The van der Waals surface area contributed by atoms with Gasteiger partial charge in [-0.25, -0.2) is 4.79 Å². The molecule has 8 heteroatoms. The van der Waals surface area contributed by atoms with Crippen LogP contribution in [-0.2, 0) is 4.79 Å². The molecule has 0 fully saturated rings. The number of fused-ring (bicyclic) bond motifs is 1. The van der Waals surface area contributed by atoms with E-state index in [0.717, 1.165) is 10.8 Å². The second kappa shape index (κ2) is 11.5. The number of rotatable bonds is 8. The number of aromatic carboxylic acids is 1. The summed E-state index contributed by atoms with van der Waals surface area (Å²) < 4.78 is 11.3. The minimum absolute atomic E-state index is 0.111. The fourth-order valence-electron chi connectivity index (χ4n) is 3.76. The number of ether oxygens (including phenoxy) is 2. The topological polar surface area (TPSA) is 129 Å². The molecule has 1 N–H and O–H groups in total. The summed E-state index contributed by atoms with van der Waals surface area (Å²) in [6.07, 6.45) is 1.34. The van der Waals surface area contributed by atoms with Crippen LogP contribution in [0.4, 0.5) is 5.69 Å². The minimum Gasteiger partial charge on any atom is -0.545 e. The number of hydrogen-bond donors (Lipinski definition) is 1. The van der Waals surface area contributed by atoms with Crippen molar-refractivity contribution < 1.29 is 29.0 Å². The van der Waals surface area contributed by atoms with Crippen molar-refractivity contribution in [1.82, 2.24) is 0 Å². The molecule has 0 aliphatic rings. The molecular weight excluding hydrogens is 484 g/mol. The van der Waals surface area contributed by atoms with Crippen molar-refractivity contribution in [2.75, 3.05) is 11.9 Å². The van der Waals surface area contributed by atoms with E-state index in [4.69, 9.17) is 9.47 Å². The van der Waals surface area contributed by atoms with Crippen LogP contribution in [0.15, 0.2) is 90.5 Å². The molecule has 188 valence electrons. The van der Waals surface area contributed by atoms with E-state index in [1.54, 1.807) is 31.2 Å². The zero-order chi connectivity index (χ0) is 27.1. The van der Waals surface area contributed by atoms with Crippen LogP contribution in [0.5, 0.6) is 11.5 Å². The smallest absolute Gasteiger partial charge is 0.344 e. The quantitative estimate of drug-likeness (QED) is 0.163. The van der Waals surface area contributed by atoms with E-state index in [9.17, 15) is 24.8 Å². The van der Waals surface area contributed by atoms with Gasteiger partial charge in [0.05, 0.1) is 18.1 Å². The second-order valence-corrected chi connectivity index (χ2v) is 8.05. The molecule has 4 aromatic carbocycles. The first-order valence-corrected chi connectivity index (χ1v) is 11.6. The van der Waals surface area contributed by atoms with Crippen molar-refractivity contribution in [2.24, 2.45) is 0 Å². The van der Waals surface area contributed by atoms with Gasteiger partial charge in [-0.1, -0.05) is 54.6 Å². The van der Waals surface area contributed by atoms with Crippen LogP contribution in [0.3, 0.4) is 0 Å². The van der Waals surface area contributed by atoms with Gasteiger partial charge in [-0.15, -0.1) is 0 Å². The lowest BCUT2D eigenvalue weighted by molar-refractivity contribution is -0.255. The van der Waals surface area contributed by atoms with Gasteiger partial charge in [0, 0.05) is 5.69 Å². The number of anilines is 1. The van der Waals surface area contributed by atoms with Gasteiger partial charge in [0.1, 0.15) is 11.6 Å². The molecule has 1 amide bonds. The molecule has 0 saturated heterocycles. The molecule has 0 bridgehead atoms. The van der Waals surface area contributed by atoms with Gasteiger partial charge in [0.25, 0.3) is 5.91 Å². The Morgan fingerprint density at radius 2 is 1.71 bits per heavy atom. The lowest BCUT2D eigenvalue weighted by Crippen LogP contribution is -2.22. The number of esters is 1. The predicted octanol–water partition coefficient (Wildman–Crippen LogP) is 4.37. The summed E-state index contributed by atoms with van der Waals surface area (Å²) in [5, 5.41) is 24.8. The van der Waals surface area contributed by atoms with Crippen molar-refractivity contribution in [2.45, 2.75) is 6.92 Å².